The zero-order chi connectivity index (χ0) is 21.3. The summed E-state index contributed by atoms with van der Waals surface area (Å²) in [5.41, 5.74) is 0.516. The molecule has 0 aliphatic carbocycles. The maximum atomic E-state index is 13.4. The summed E-state index contributed by atoms with van der Waals surface area (Å²) < 4.78 is 23.9. The van der Waals surface area contributed by atoms with Crippen LogP contribution in [0.15, 0.2) is 41.1 Å². The van der Waals surface area contributed by atoms with E-state index in [0.717, 1.165) is 0 Å². The van der Waals surface area contributed by atoms with Crippen LogP contribution in [0.2, 0.25) is 0 Å². The molecule has 9 nitrogen and oxygen atoms in total. The first-order chi connectivity index (χ1) is 14.4. The summed E-state index contributed by atoms with van der Waals surface area (Å²) in [6.45, 7) is 6.17. The summed E-state index contributed by atoms with van der Waals surface area (Å²) in [4.78, 5) is 26.7. The molecule has 1 saturated heterocycles. The number of hydrogen-bond donors (Lipinski definition) is 1. The lowest BCUT2D eigenvalue weighted by Crippen LogP contribution is -2.37. The molecule has 0 bridgehead atoms. The Bertz CT molecular complexity index is 1060. The highest BCUT2D eigenvalue weighted by atomic mass is 19.1. The highest BCUT2D eigenvalue weighted by Crippen LogP contribution is 2.27. The van der Waals surface area contributed by atoms with Gasteiger partial charge in [0.15, 0.2) is 0 Å². The summed E-state index contributed by atoms with van der Waals surface area (Å²) in [6.07, 6.45) is 1.13. The van der Waals surface area contributed by atoms with Crippen LogP contribution in [0.5, 0.6) is 0 Å². The fourth-order valence-corrected chi connectivity index (χ4v) is 3.15. The molecule has 30 heavy (non-hydrogen) atoms. The van der Waals surface area contributed by atoms with Gasteiger partial charge < -0.3 is 14.6 Å². The monoisotopic (exact) mass is 412 g/mol. The molecule has 1 N–H and O–H groups in total. The number of nitrogens with zero attached hydrogens (tertiary/aromatic N) is 5. The predicted molar refractivity (Wildman–Crippen MR) is 106 cm³/mol. The van der Waals surface area contributed by atoms with Crippen LogP contribution in [-0.2, 0) is 4.74 Å². The first kappa shape index (κ1) is 19.7. The minimum Gasteiger partial charge on any atom is -0.447 e. The number of halogens is 1. The number of anilines is 2. The Kier molecular flexibility index (Phi) is 5.30. The van der Waals surface area contributed by atoms with Crippen molar-refractivity contribution >= 4 is 17.9 Å². The van der Waals surface area contributed by atoms with Gasteiger partial charge in [-0.15, -0.1) is 0 Å². The third-order valence-electron chi connectivity index (χ3n) is 4.80. The lowest BCUT2D eigenvalue weighted by molar-refractivity contribution is 0.177. The van der Waals surface area contributed by atoms with E-state index in [0.29, 0.717) is 29.8 Å². The smallest absolute Gasteiger partial charge is 0.415 e. The van der Waals surface area contributed by atoms with Gasteiger partial charge in [0.25, 0.3) is 0 Å². The van der Waals surface area contributed by atoms with E-state index in [1.165, 1.54) is 17.0 Å². The average Bonchev–Trinajstić information content (AvgIpc) is 3.35. The highest BCUT2D eigenvalue weighted by molar-refractivity contribution is 5.89. The van der Waals surface area contributed by atoms with Gasteiger partial charge in [-0.05, 0) is 31.0 Å². The predicted octanol–water partition coefficient (Wildman–Crippen LogP) is 3.82. The van der Waals surface area contributed by atoms with Crippen LogP contribution in [-0.4, -0.2) is 38.9 Å². The second-order valence-electron chi connectivity index (χ2n) is 7.33. The topological polar surface area (TPSA) is 106 Å². The molecule has 0 spiro atoms. The highest BCUT2D eigenvalue weighted by Gasteiger charge is 2.37. The maximum absolute atomic E-state index is 13.4. The van der Waals surface area contributed by atoms with E-state index in [2.05, 4.69) is 25.4 Å². The molecular weight excluding hydrogens is 391 g/mol. The molecule has 1 amide bonds. The molecule has 0 radical (unpaired) electrons. The van der Waals surface area contributed by atoms with Crippen molar-refractivity contribution in [3.63, 3.8) is 0 Å². The number of carbonyl (C=O) groups excluding carboxylic acids is 1. The Hall–Kier alpha value is -3.56. The zero-order valence-electron chi connectivity index (χ0n) is 16.7. The van der Waals surface area contributed by atoms with Crippen molar-refractivity contribution in [3.8, 4) is 11.4 Å². The number of ether oxygens (including phenoxy) is 1. The van der Waals surface area contributed by atoms with E-state index in [1.54, 1.807) is 31.3 Å². The second kappa shape index (κ2) is 8.05. The van der Waals surface area contributed by atoms with Gasteiger partial charge in [0.2, 0.25) is 17.7 Å². The van der Waals surface area contributed by atoms with E-state index in [1.807, 2.05) is 13.8 Å². The fraction of sp³-hybridized carbons (Fsp3) is 0.350. The third kappa shape index (κ3) is 3.93. The summed E-state index contributed by atoms with van der Waals surface area (Å²) in [7, 11) is 0. The average molecular weight is 412 g/mol. The van der Waals surface area contributed by atoms with E-state index in [9.17, 15) is 9.18 Å². The largest absolute Gasteiger partial charge is 0.447 e. The van der Waals surface area contributed by atoms with Crippen molar-refractivity contribution < 1.29 is 18.4 Å². The van der Waals surface area contributed by atoms with Crippen LogP contribution < -0.4 is 10.2 Å². The summed E-state index contributed by atoms with van der Waals surface area (Å²) in [5, 5.41) is 6.99. The molecule has 4 rings (SSSR count). The molecule has 1 fully saturated rings. The number of amides is 1. The van der Waals surface area contributed by atoms with Gasteiger partial charge in [-0.2, -0.15) is 9.97 Å². The van der Waals surface area contributed by atoms with Crippen LogP contribution in [0.3, 0.4) is 0 Å². The van der Waals surface area contributed by atoms with Crippen LogP contribution in [0, 0.1) is 11.7 Å². The van der Waals surface area contributed by atoms with Crippen molar-refractivity contribution in [1.82, 2.24) is 20.1 Å². The fourth-order valence-electron chi connectivity index (χ4n) is 3.15. The number of rotatable bonds is 6. The van der Waals surface area contributed by atoms with Gasteiger partial charge in [0.05, 0.1) is 6.04 Å². The standard InChI is InChI=1S/C20H21FN6O3/c1-11(2)15-10-29-20(28)27(15)16-7-8-22-19(24-16)23-12(3)18-25-17(26-30-18)13-5-4-6-14(21)9-13/h4-9,11-12,15H,10H2,1-3H3,(H,22,23,24)/t12?,15-/m1/s1. The van der Waals surface area contributed by atoms with E-state index < -0.39 is 12.1 Å². The SMILES string of the molecule is CC(Nc1nccc(N2C(=O)OC[C@@H]2C(C)C)n1)c1nc(-c2cccc(F)c2)no1. The van der Waals surface area contributed by atoms with Crippen molar-refractivity contribution in [2.24, 2.45) is 5.92 Å². The molecule has 2 atom stereocenters. The molecular formula is C20H21FN6O3. The third-order valence-corrected chi connectivity index (χ3v) is 4.80. The van der Waals surface area contributed by atoms with E-state index in [4.69, 9.17) is 9.26 Å². The molecule has 0 saturated carbocycles. The summed E-state index contributed by atoms with van der Waals surface area (Å²) in [6, 6.07) is 7.10. The van der Waals surface area contributed by atoms with Crippen molar-refractivity contribution in [2.45, 2.75) is 32.9 Å². The Morgan fingerprint density at radius 3 is 2.83 bits per heavy atom. The molecule has 10 heteroatoms. The minimum atomic E-state index is -0.428. The van der Waals surface area contributed by atoms with Crippen LogP contribution >= 0.6 is 0 Å². The Labute approximate surface area is 172 Å². The number of nitrogens with one attached hydrogen (secondary N) is 1. The van der Waals surface area contributed by atoms with Gasteiger partial charge >= 0.3 is 6.09 Å². The maximum Gasteiger partial charge on any atom is 0.415 e. The summed E-state index contributed by atoms with van der Waals surface area (Å²) in [5.74, 6) is 1.16. The van der Waals surface area contributed by atoms with Gasteiger partial charge in [0.1, 0.15) is 24.3 Å². The molecule has 1 unspecified atom stereocenters. The molecule has 1 aliphatic heterocycles. The molecule has 1 aliphatic rings. The van der Waals surface area contributed by atoms with Crippen molar-refractivity contribution in [3.05, 3.63) is 48.2 Å². The molecule has 156 valence electrons. The van der Waals surface area contributed by atoms with Crippen LogP contribution in [0.4, 0.5) is 21.0 Å². The Balaban J connectivity index is 1.51. The van der Waals surface area contributed by atoms with Gasteiger partial charge in [-0.1, -0.05) is 31.1 Å². The van der Waals surface area contributed by atoms with E-state index in [-0.39, 0.29) is 23.6 Å². The lowest BCUT2D eigenvalue weighted by Gasteiger charge is -2.23. The number of benzene rings is 1. The minimum absolute atomic E-state index is 0.0950. The molecule has 3 aromatic rings. The molecule has 3 heterocycles. The number of hydrogen-bond acceptors (Lipinski definition) is 8. The van der Waals surface area contributed by atoms with Gasteiger partial charge in [0, 0.05) is 11.8 Å². The van der Waals surface area contributed by atoms with Gasteiger partial charge in [-0.3, -0.25) is 4.90 Å². The number of cyclic esters (lactones) is 1. The quantitative estimate of drug-likeness (QED) is 0.651. The van der Waals surface area contributed by atoms with Gasteiger partial charge in [-0.25, -0.2) is 14.2 Å². The van der Waals surface area contributed by atoms with Crippen molar-refractivity contribution in [2.75, 3.05) is 16.8 Å². The normalized spacial score (nSPS) is 17.3. The first-order valence-electron chi connectivity index (χ1n) is 9.57. The Morgan fingerprint density at radius 2 is 2.07 bits per heavy atom. The van der Waals surface area contributed by atoms with Crippen LogP contribution in [0.1, 0.15) is 32.7 Å². The zero-order valence-corrected chi connectivity index (χ0v) is 16.7. The van der Waals surface area contributed by atoms with Crippen molar-refractivity contribution in [1.29, 1.82) is 0 Å². The second-order valence-corrected chi connectivity index (χ2v) is 7.33. The lowest BCUT2D eigenvalue weighted by atomic mass is 10.0. The number of aromatic nitrogens is 4. The Morgan fingerprint density at radius 1 is 1.23 bits per heavy atom. The molecule has 1 aromatic carbocycles. The van der Waals surface area contributed by atoms with E-state index >= 15 is 0 Å². The van der Waals surface area contributed by atoms with Crippen LogP contribution in [0.25, 0.3) is 11.4 Å². The summed E-state index contributed by atoms with van der Waals surface area (Å²) >= 11 is 0. The number of carbonyl (C=O) groups is 1. The first-order valence-corrected chi connectivity index (χ1v) is 9.57. The molecule has 2 aromatic heterocycles.